The minimum Gasteiger partial charge on any atom is -0.456 e. The topological polar surface area (TPSA) is 13.1 Å². The number of para-hydroxylation sites is 1. The summed E-state index contributed by atoms with van der Waals surface area (Å²) in [5, 5.41) is 4.87. The molecule has 0 aliphatic heterocycles. The molecule has 0 aliphatic carbocycles. The molecular formula is C44H28O. The second-order valence-corrected chi connectivity index (χ2v) is 10.9. The molecule has 1 aromatic heterocycles. The van der Waals surface area contributed by atoms with Gasteiger partial charge in [-0.1, -0.05) is 151 Å². The molecule has 1 nitrogen and oxygen atoms in total. The van der Waals surface area contributed by atoms with Gasteiger partial charge in [0.25, 0.3) is 0 Å². The van der Waals surface area contributed by atoms with E-state index in [9.17, 15) is 0 Å². The van der Waals surface area contributed by atoms with Crippen molar-refractivity contribution in [3.8, 4) is 44.5 Å². The van der Waals surface area contributed by atoms with Crippen LogP contribution in [-0.2, 0) is 0 Å². The molecule has 210 valence electrons. The van der Waals surface area contributed by atoms with Crippen molar-refractivity contribution in [2.75, 3.05) is 0 Å². The summed E-state index contributed by atoms with van der Waals surface area (Å²) < 4.78 is 92.6. The SMILES string of the molecule is [2H]c1c([2H])c([2H])c(-c2ccccc2-c2c3ccccc3c(-c3cc4c(cc3-c3c([2H])c([2H])c([2H])c([2H])c3[2H])oc3ccccc34)c3ccccc23)c([2H])c1[2H]. The summed E-state index contributed by atoms with van der Waals surface area (Å²) in [6, 6.07) is 30.4. The number of benzene rings is 8. The zero-order valence-electron chi connectivity index (χ0n) is 33.8. The number of furan rings is 1. The summed E-state index contributed by atoms with van der Waals surface area (Å²) in [5.41, 5.74) is 5.05. The lowest BCUT2D eigenvalue weighted by Crippen LogP contribution is -1.94. The van der Waals surface area contributed by atoms with Gasteiger partial charge in [0, 0.05) is 10.8 Å². The standard InChI is InChI=1S/C44H28O/c1-3-15-29(16-4-1)31-19-7-8-21-33(31)43-34-22-9-11-24-36(34)44(37-25-12-10-23-35(37)43)40-27-39-32-20-13-14-26-41(32)45-42(39)28-38(40)30-17-5-2-6-18-30/h1-28H/i1D,2D,3D,4D,5D,6D,15D,16D,17D,18D. The first-order valence-electron chi connectivity index (χ1n) is 19.6. The van der Waals surface area contributed by atoms with Gasteiger partial charge in [0.15, 0.2) is 0 Å². The summed E-state index contributed by atoms with van der Waals surface area (Å²) in [7, 11) is 0. The molecule has 9 rings (SSSR count). The van der Waals surface area contributed by atoms with Crippen LogP contribution in [0.4, 0.5) is 0 Å². The third-order valence-electron chi connectivity index (χ3n) is 8.45. The van der Waals surface area contributed by atoms with Crippen molar-refractivity contribution in [3.05, 3.63) is 170 Å². The summed E-state index contributed by atoms with van der Waals surface area (Å²) >= 11 is 0. The van der Waals surface area contributed by atoms with Crippen molar-refractivity contribution in [2.24, 2.45) is 0 Å². The van der Waals surface area contributed by atoms with Crippen molar-refractivity contribution in [1.82, 2.24) is 0 Å². The third kappa shape index (κ3) is 4.09. The van der Waals surface area contributed by atoms with Gasteiger partial charge in [0.1, 0.15) is 11.2 Å². The Hall–Kier alpha value is -5.92. The Morgan fingerprint density at radius 3 is 1.42 bits per heavy atom. The first-order valence-corrected chi connectivity index (χ1v) is 14.6. The van der Waals surface area contributed by atoms with Crippen LogP contribution in [0.1, 0.15) is 13.7 Å². The normalized spacial score (nSPS) is 14.7. The highest BCUT2D eigenvalue weighted by Crippen LogP contribution is 2.49. The smallest absolute Gasteiger partial charge is 0.136 e. The molecule has 1 heterocycles. The number of hydrogen-bond acceptors (Lipinski definition) is 1. The third-order valence-corrected chi connectivity index (χ3v) is 8.45. The summed E-state index contributed by atoms with van der Waals surface area (Å²) in [4.78, 5) is 0. The fourth-order valence-electron chi connectivity index (χ4n) is 6.58. The Morgan fingerprint density at radius 2 is 0.822 bits per heavy atom. The second kappa shape index (κ2) is 10.4. The summed E-state index contributed by atoms with van der Waals surface area (Å²) in [6.45, 7) is 0. The zero-order valence-corrected chi connectivity index (χ0v) is 23.8. The van der Waals surface area contributed by atoms with Crippen molar-refractivity contribution < 1.29 is 18.1 Å². The highest BCUT2D eigenvalue weighted by Gasteiger charge is 2.22. The van der Waals surface area contributed by atoms with E-state index >= 15 is 0 Å². The van der Waals surface area contributed by atoms with E-state index in [0.717, 1.165) is 43.4 Å². The minimum atomic E-state index is -0.483. The Morgan fingerprint density at radius 1 is 0.356 bits per heavy atom. The zero-order chi connectivity index (χ0) is 38.4. The highest BCUT2D eigenvalue weighted by atomic mass is 16.3. The first kappa shape index (κ1) is 17.4. The van der Waals surface area contributed by atoms with Gasteiger partial charge in [-0.25, -0.2) is 0 Å². The molecule has 0 radical (unpaired) electrons. The van der Waals surface area contributed by atoms with Crippen LogP contribution in [-0.4, -0.2) is 0 Å². The van der Waals surface area contributed by atoms with E-state index in [1.165, 1.54) is 0 Å². The van der Waals surface area contributed by atoms with Crippen LogP contribution >= 0.6 is 0 Å². The number of hydrogen-bond donors (Lipinski definition) is 0. The van der Waals surface area contributed by atoms with Gasteiger partial charge >= 0.3 is 0 Å². The Labute approximate surface area is 275 Å². The van der Waals surface area contributed by atoms with Crippen LogP contribution in [0.15, 0.2) is 174 Å². The van der Waals surface area contributed by atoms with Gasteiger partial charge in [0.05, 0.1) is 13.7 Å². The fourth-order valence-corrected chi connectivity index (χ4v) is 6.58. The maximum atomic E-state index is 9.03. The Balaban J connectivity index is 1.46. The molecule has 0 unspecified atom stereocenters. The fraction of sp³-hybridized carbons (Fsp3) is 0. The van der Waals surface area contributed by atoms with E-state index in [0.29, 0.717) is 33.4 Å². The average molecular weight is 583 g/mol. The quantitative estimate of drug-likeness (QED) is 0.188. The van der Waals surface area contributed by atoms with E-state index < -0.39 is 36.3 Å². The largest absolute Gasteiger partial charge is 0.456 e. The molecule has 0 amide bonds. The van der Waals surface area contributed by atoms with Crippen molar-refractivity contribution in [3.63, 3.8) is 0 Å². The lowest BCUT2D eigenvalue weighted by Gasteiger charge is -2.21. The summed E-state index contributed by atoms with van der Waals surface area (Å²) in [5.74, 6) is 0. The molecule has 0 saturated carbocycles. The van der Waals surface area contributed by atoms with E-state index in [2.05, 4.69) is 0 Å². The molecular weight excluding hydrogens is 544 g/mol. The molecule has 8 aromatic carbocycles. The second-order valence-electron chi connectivity index (χ2n) is 10.9. The molecule has 0 aliphatic rings. The van der Waals surface area contributed by atoms with Gasteiger partial charge in [0.2, 0.25) is 0 Å². The predicted octanol–water partition coefficient (Wildman–Crippen LogP) is 12.6. The van der Waals surface area contributed by atoms with Gasteiger partial charge in [-0.2, -0.15) is 0 Å². The number of fused-ring (bicyclic) bond motifs is 5. The molecule has 0 N–H and O–H groups in total. The average Bonchev–Trinajstić information content (AvgIpc) is 3.57. The molecule has 0 bridgehead atoms. The maximum absolute atomic E-state index is 9.03. The lowest BCUT2D eigenvalue weighted by atomic mass is 9.82. The van der Waals surface area contributed by atoms with Gasteiger partial charge in [-0.05, 0) is 84.3 Å². The van der Waals surface area contributed by atoms with Crippen LogP contribution in [0.2, 0.25) is 0 Å². The monoisotopic (exact) mass is 582 g/mol. The molecule has 0 fully saturated rings. The molecule has 0 spiro atoms. The van der Waals surface area contributed by atoms with E-state index in [1.54, 1.807) is 18.2 Å². The summed E-state index contributed by atoms with van der Waals surface area (Å²) in [6.07, 6.45) is 0. The van der Waals surface area contributed by atoms with Crippen molar-refractivity contribution in [1.29, 1.82) is 0 Å². The molecule has 1 heteroatoms. The lowest BCUT2D eigenvalue weighted by molar-refractivity contribution is 0.669. The predicted molar refractivity (Wildman–Crippen MR) is 190 cm³/mol. The van der Waals surface area contributed by atoms with Gasteiger partial charge in [-0.15, -0.1) is 0 Å². The minimum absolute atomic E-state index is 0.0483. The number of rotatable bonds is 4. The van der Waals surface area contributed by atoms with E-state index in [-0.39, 0.29) is 35.3 Å². The van der Waals surface area contributed by atoms with E-state index in [4.69, 9.17) is 18.1 Å². The maximum Gasteiger partial charge on any atom is 0.136 e. The molecule has 45 heavy (non-hydrogen) atoms. The van der Waals surface area contributed by atoms with Crippen LogP contribution in [0, 0.1) is 0 Å². The van der Waals surface area contributed by atoms with Crippen molar-refractivity contribution >= 4 is 43.5 Å². The van der Waals surface area contributed by atoms with Crippen LogP contribution in [0.5, 0.6) is 0 Å². The van der Waals surface area contributed by atoms with Crippen LogP contribution < -0.4 is 0 Å². The molecule has 0 saturated heterocycles. The Kier molecular flexibility index (Phi) is 4.01. The van der Waals surface area contributed by atoms with E-state index in [1.807, 2.05) is 91.0 Å². The highest BCUT2D eigenvalue weighted by molar-refractivity contribution is 6.24. The molecule has 9 aromatic rings. The first-order chi connectivity index (χ1) is 26.5. The van der Waals surface area contributed by atoms with Gasteiger partial charge in [-0.3, -0.25) is 0 Å². The van der Waals surface area contributed by atoms with Crippen molar-refractivity contribution in [2.45, 2.75) is 0 Å². The molecule has 0 atom stereocenters. The van der Waals surface area contributed by atoms with Gasteiger partial charge < -0.3 is 4.42 Å². The van der Waals surface area contributed by atoms with Crippen LogP contribution in [0.3, 0.4) is 0 Å². The van der Waals surface area contributed by atoms with Crippen LogP contribution in [0.25, 0.3) is 88.0 Å². The Bertz CT molecular complexity index is 3000.